The summed E-state index contributed by atoms with van der Waals surface area (Å²) in [5, 5.41) is 7.16. The average molecular weight is 273 g/mol. The molecule has 2 rings (SSSR count). The second kappa shape index (κ2) is 5.50. The van der Waals surface area contributed by atoms with E-state index in [1.807, 2.05) is 18.4 Å². The number of hydrogen-bond donors (Lipinski definition) is 1. The van der Waals surface area contributed by atoms with Crippen LogP contribution >= 0.6 is 11.3 Å². The first-order valence-electron chi connectivity index (χ1n) is 6.12. The second-order valence-corrected chi connectivity index (χ2v) is 7.61. The zero-order valence-corrected chi connectivity index (χ0v) is 11.7. The molecule has 0 radical (unpaired) electrons. The highest BCUT2D eigenvalue weighted by Gasteiger charge is 2.35. The van der Waals surface area contributed by atoms with Crippen molar-refractivity contribution in [3.63, 3.8) is 0 Å². The standard InChI is InChI=1S/C12H19NO2S2/c1-2-13-12(10-6-7-16-9-10)11-5-3-4-8-17(11,14)15/h6-7,9,11-13H,2-5,8H2,1H3. The van der Waals surface area contributed by atoms with Gasteiger partial charge >= 0.3 is 0 Å². The van der Waals surface area contributed by atoms with E-state index in [1.165, 1.54) is 0 Å². The zero-order valence-electron chi connectivity index (χ0n) is 10.1. The van der Waals surface area contributed by atoms with Crippen molar-refractivity contribution >= 4 is 21.2 Å². The number of hydrogen-bond acceptors (Lipinski definition) is 4. The fourth-order valence-corrected chi connectivity index (χ4v) is 5.29. The van der Waals surface area contributed by atoms with Gasteiger partial charge in [-0.05, 0) is 41.8 Å². The normalized spacial score (nSPS) is 25.6. The van der Waals surface area contributed by atoms with Crippen LogP contribution < -0.4 is 5.32 Å². The monoisotopic (exact) mass is 273 g/mol. The molecular weight excluding hydrogens is 254 g/mol. The summed E-state index contributed by atoms with van der Waals surface area (Å²) >= 11 is 1.62. The van der Waals surface area contributed by atoms with Gasteiger partial charge in [0.25, 0.3) is 0 Å². The van der Waals surface area contributed by atoms with Crippen LogP contribution in [0.15, 0.2) is 16.8 Å². The van der Waals surface area contributed by atoms with Crippen LogP contribution in [0.25, 0.3) is 0 Å². The molecule has 1 aliphatic rings. The van der Waals surface area contributed by atoms with Crippen molar-refractivity contribution in [2.24, 2.45) is 0 Å². The molecule has 0 amide bonds. The highest BCUT2D eigenvalue weighted by molar-refractivity contribution is 7.92. The Kier molecular flexibility index (Phi) is 4.22. The third-order valence-electron chi connectivity index (χ3n) is 3.33. The molecule has 0 saturated carbocycles. The molecule has 1 N–H and O–H groups in total. The van der Waals surface area contributed by atoms with Crippen molar-refractivity contribution in [1.29, 1.82) is 0 Å². The lowest BCUT2D eigenvalue weighted by Gasteiger charge is -2.30. The van der Waals surface area contributed by atoms with Crippen molar-refractivity contribution in [2.75, 3.05) is 12.3 Å². The van der Waals surface area contributed by atoms with Gasteiger partial charge in [0, 0.05) is 6.04 Å². The van der Waals surface area contributed by atoms with Gasteiger partial charge in [0.15, 0.2) is 9.84 Å². The summed E-state index contributed by atoms with van der Waals surface area (Å²) in [6.45, 7) is 2.82. The van der Waals surface area contributed by atoms with E-state index in [2.05, 4.69) is 10.7 Å². The first-order chi connectivity index (χ1) is 8.15. The van der Waals surface area contributed by atoms with Crippen LogP contribution in [0.1, 0.15) is 37.8 Å². The smallest absolute Gasteiger partial charge is 0.155 e. The van der Waals surface area contributed by atoms with Gasteiger partial charge in [-0.1, -0.05) is 13.3 Å². The van der Waals surface area contributed by atoms with E-state index in [-0.39, 0.29) is 11.3 Å². The Hall–Kier alpha value is -0.390. The Morgan fingerprint density at radius 2 is 2.35 bits per heavy atom. The summed E-state index contributed by atoms with van der Waals surface area (Å²) in [6, 6.07) is 2.00. The van der Waals surface area contributed by atoms with Gasteiger partial charge in [0.1, 0.15) is 0 Å². The highest BCUT2D eigenvalue weighted by Crippen LogP contribution is 2.31. The molecule has 2 unspecified atom stereocenters. The summed E-state index contributed by atoms with van der Waals surface area (Å²) in [5.41, 5.74) is 1.12. The molecule has 96 valence electrons. The lowest BCUT2D eigenvalue weighted by molar-refractivity contribution is 0.455. The van der Waals surface area contributed by atoms with E-state index in [0.29, 0.717) is 5.75 Å². The summed E-state index contributed by atoms with van der Waals surface area (Å²) in [5.74, 6) is 0.351. The third-order valence-corrected chi connectivity index (χ3v) is 6.32. The van der Waals surface area contributed by atoms with E-state index in [0.717, 1.165) is 31.4 Å². The Morgan fingerprint density at radius 1 is 1.53 bits per heavy atom. The molecule has 0 aliphatic carbocycles. The maximum atomic E-state index is 12.2. The van der Waals surface area contributed by atoms with Crippen molar-refractivity contribution in [3.8, 4) is 0 Å². The van der Waals surface area contributed by atoms with E-state index >= 15 is 0 Å². The summed E-state index contributed by atoms with van der Waals surface area (Å²) in [7, 11) is -2.93. The lowest BCUT2D eigenvalue weighted by atomic mass is 10.0. The molecule has 2 atom stereocenters. The molecule has 1 saturated heterocycles. The minimum atomic E-state index is -2.93. The number of rotatable bonds is 4. The molecule has 1 aliphatic heterocycles. The van der Waals surface area contributed by atoms with E-state index in [9.17, 15) is 8.42 Å². The summed E-state index contributed by atoms with van der Waals surface area (Å²) in [4.78, 5) is 0. The van der Waals surface area contributed by atoms with E-state index in [4.69, 9.17) is 0 Å². The average Bonchev–Trinajstić information content (AvgIpc) is 2.79. The van der Waals surface area contributed by atoms with Crippen LogP contribution in [0, 0.1) is 0 Å². The molecular formula is C12H19NO2S2. The molecule has 5 heteroatoms. The Balaban J connectivity index is 2.26. The number of sulfone groups is 1. The van der Waals surface area contributed by atoms with Gasteiger partial charge in [0.05, 0.1) is 11.0 Å². The van der Waals surface area contributed by atoms with E-state index in [1.54, 1.807) is 11.3 Å². The maximum absolute atomic E-state index is 12.2. The van der Waals surface area contributed by atoms with E-state index < -0.39 is 9.84 Å². The van der Waals surface area contributed by atoms with Gasteiger partial charge < -0.3 is 5.32 Å². The molecule has 2 heterocycles. The number of thiophene rings is 1. The Labute approximate surface area is 107 Å². The Morgan fingerprint density at radius 3 is 2.94 bits per heavy atom. The molecule has 1 aromatic rings. The fraction of sp³-hybridized carbons (Fsp3) is 0.667. The summed E-state index contributed by atoms with van der Waals surface area (Å²) < 4.78 is 24.3. The lowest BCUT2D eigenvalue weighted by Crippen LogP contribution is -2.40. The first kappa shape index (κ1) is 13.1. The molecule has 0 bridgehead atoms. The van der Waals surface area contributed by atoms with Crippen molar-refractivity contribution in [2.45, 2.75) is 37.5 Å². The minimum absolute atomic E-state index is 0.0310. The Bertz CT molecular complexity index is 439. The molecule has 0 aromatic carbocycles. The fourth-order valence-electron chi connectivity index (χ4n) is 2.49. The third kappa shape index (κ3) is 2.89. The van der Waals surface area contributed by atoms with Gasteiger partial charge in [-0.15, -0.1) is 0 Å². The van der Waals surface area contributed by atoms with Gasteiger partial charge in [-0.3, -0.25) is 0 Å². The van der Waals surface area contributed by atoms with Crippen LogP contribution in [0.5, 0.6) is 0 Å². The van der Waals surface area contributed by atoms with Gasteiger partial charge in [-0.2, -0.15) is 11.3 Å². The predicted molar refractivity (Wildman–Crippen MR) is 72.2 cm³/mol. The van der Waals surface area contributed by atoms with Gasteiger partial charge in [0.2, 0.25) is 0 Å². The first-order valence-corrected chi connectivity index (χ1v) is 8.78. The summed E-state index contributed by atoms with van der Waals surface area (Å²) in [6.07, 6.45) is 2.63. The quantitative estimate of drug-likeness (QED) is 0.916. The largest absolute Gasteiger partial charge is 0.309 e. The molecule has 1 aromatic heterocycles. The van der Waals surface area contributed by atoms with Crippen LogP contribution in [-0.2, 0) is 9.84 Å². The van der Waals surface area contributed by atoms with Crippen molar-refractivity contribution in [1.82, 2.24) is 5.32 Å². The maximum Gasteiger partial charge on any atom is 0.155 e. The predicted octanol–water partition coefficient (Wildman–Crippen LogP) is 2.37. The topological polar surface area (TPSA) is 46.2 Å². The molecule has 1 fully saturated rings. The van der Waals surface area contributed by atoms with Crippen molar-refractivity contribution < 1.29 is 8.42 Å². The number of nitrogens with one attached hydrogen (secondary N) is 1. The van der Waals surface area contributed by atoms with Crippen LogP contribution in [-0.4, -0.2) is 26.0 Å². The van der Waals surface area contributed by atoms with Crippen LogP contribution in [0.3, 0.4) is 0 Å². The van der Waals surface area contributed by atoms with Crippen LogP contribution in [0.2, 0.25) is 0 Å². The second-order valence-electron chi connectivity index (χ2n) is 4.49. The molecule has 3 nitrogen and oxygen atoms in total. The molecule has 17 heavy (non-hydrogen) atoms. The van der Waals surface area contributed by atoms with Crippen molar-refractivity contribution in [3.05, 3.63) is 22.4 Å². The molecule has 0 spiro atoms. The SMILES string of the molecule is CCNC(c1ccsc1)C1CCCCS1(=O)=O. The van der Waals surface area contributed by atoms with Crippen LogP contribution in [0.4, 0.5) is 0 Å². The highest BCUT2D eigenvalue weighted by atomic mass is 32.2. The minimum Gasteiger partial charge on any atom is -0.309 e. The van der Waals surface area contributed by atoms with Gasteiger partial charge in [-0.25, -0.2) is 8.42 Å². The zero-order chi connectivity index (χ0) is 12.3.